The van der Waals surface area contributed by atoms with Crippen LogP contribution in [0.15, 0.2) is 108 Å². The number of sulfonamides is 1. The first-order valence-corrected chi connectivity index (χ1v) is 14.8. The van der Waals surface area contributed by atoms with Crippen LogP contribution in [0.1, 0.15) is 17.5 Å². The van der Waals surface area contributed by atoms with Crippen molar-refractivity contribution < 1.29 is 17.9 Å². The number of anilines is 3. The summed E-state index contributed by atoms with van der Waals surface area (Å²) in [5.74, 6) is 0.436. The van der Waals surface area contributed by atoms with E-state index in [9.17, 15) is 13.2 Å². The molecular weight excluding hydrogens is 536 g/mol. The van der Waals surface area contributed by atoms with Gasteiger partial charge in [-0.1, -0.05) is 48.5 Å². The Morgan fingerprint density at radius 2 is 1.54 bits per heavy atom. The van der Waals surface area contributed by atoms with E-state index in [2.05, 4.69) is 20.3 Å². The van der Waals surface area contributed by atoms with E-state index in [0.717, 1.165) is 30.0 Å². The van der Waals surface area contributed by atoms with Crippen molar-refractivity contribution in [3.63, 3.8) is 0 Å². The zero-order valence-corrected chi connectivity index (χ0v) is 23.7. The molecule has 0 saturated carbocycles. The van der Waals surface area contributed by atoms with Gasteiger partial charge in [0.05, 0.1) is 22.8 Å². The average Bonchev–Trinajstić information content (AvgIpc) is 3.30. The molecule has 1 aliphatic heterocycles. The van der Waals surface area contributed by atoms with E-state index < -0.39 is 10.0 Å². The molecule has 0 unspecified atom stereocenters. The molecule has 4 aromatic carbocycles. The highest BCUT2D eigenvalue weighted by Crippen LogP contribution is 2.39. The number of nitrogens with one attached hydrogen (secondary N) is 3. The number of ether oxygens (including phenoxy) is 1. The summed E-state index contributed by atoms with van der Waals surface area (Å²) in [6.07, 6.45) is 0.921. The van der Waals surface area contributed by atoms with E-state index in [1.807, 2.05) is 74.8 Å². The fourth-order valence-electron chi connectivity index (χ4n) is 4.52. The maximum absolute atomic E-state index is 13.3. The summed E-state index contributed by atoms with van der Waals surface area (Å²) >= 11 is 0. The zero-order valence-electron chi connectivity index (χ0n) is 22.9. The van der Waals surface area contributed by atoms with Crippen LogP contribution in [0.25, 0.3) is 11.3 Å². The lowest BCUT2D eigenvalue weighted by Gasteiger charge is -2.16. The standard InChI is InChI=1S/C32H32N4O4S/c1-36(2)20-9-21-40-26-16-14-24(15-17-26)33-31(23-10-5-3-6-11-23)30-28-22-27(18-19-29(28)34-32(30)37)41(38,39)35-25-12-7-4-8-13-25/h3-8,10-19,22,33,35H,9,20-21H2,1-2H3,(H,34,37)/b31-30-. The van der Waals surface area contributed by atoms with Crippen LogP contribution in [0.4, 0.5) is 17.1 Å². The minimum Gasteiger partial charge on any atom is -0.494 e. The number of nitrogens with zero attached hydrogens (tertiary/aromatic N) is 1. The Balaban J connectivity index is 1.48. The van der Waals surface area contributed by atoms with Gasteiger partial charge in [-0.25, -0.2) is 8.42 Å². The number of hydrogen-bond donors (Lipinski definition) is 3. The van der Waals surface area contributed by atoms with Crippen molar-refractivity contribution in [2.45, 2.75) is 11.3 Å². The van der Waals surface area contributed by atoms with E-state index in [4.69, 9.17) is 4.74 Å². The van der Waals surface area contributed by atoms with Gasteiger partial charge >= 0.3 is 0 Å². The molecule has 4 aromatic rings. The largest absolute Gasteiger partial charge is 0.494 e. The van der Waals surface area contributed by atoms with Crippen LogP contribution >= 0.6 is 0 Å². The molecule has 9 heteroatoms. The first kappa shape index (κ1) is 27.9. The van der Waals surface area contributed by atoms with E-state index in [1.165, 1.54) is 12.1 Å². The summed E-state index contributed by atoms with van der Waals surface area (Å²) in [5.41, 5.74) is 3.95. The molecule has 1 heterocycles. The Bertz CT molecular complexity index is 1650. The Labute approximate surface area is 240 Å². The van der Waals surface area contributed by atoms with Gasteiger partial charge in [0.15, 0.2) is 0 Å². The molecular formula is C32H32N4O4S. The van der Waals surface area contributed by atoms with Crippen LogP contribution in [-0.2, 0) is 14.8 Å². The van der Waals surface area contributed by atoms with Crippen molar-refractivity contribution in [2.75, 3.05) is 42.6 Å². The van der Waals surface area contributed by atoms with Crippen molar-refractivity contribution in [2.24, 2.45) is 0 Å². The van der Waals surface area contributed by atoms with E-state index >= 15 is 0 Å². The highest BCUT2D eigenvalue weighted by atomic mass is 32.2. The lowest BCUT2D eigenvalue weighted by atomic mass is 10.00. The minimum atomic E-state index is -3.89. The van der Waals surface area contributed by atoms with E-state index in [0.29, 0.717) is 34.8 Å². The van der Waals surface area contributed by atoms with Crippen LogP contribution < -0.4 is 20.1 Å². The smallest absolute Gasteiger partial charge is 0.261 e. The number of rotatable bonds is 11. The fraction of sp³-hybridized carbons (Fsp3) is 0.156. The fourth-order valence-corrected chi connectivity index (χ4v) is 5.60. The molecule has 0 saturated heterocycles. The molecule has 1 aliphatic rings. The topological polar surface area (TPSA) is 99.8 Å². The Hall–Kier alpha value is -4.60. The Morgan fingerprint density at radius 3 is 2.22 bits per heavy atom. The molecule has 41 heavy (non-hydrogen) atoms. The van der Waals surface area contributed by atoms with Gasteiger partial charge < -0.3 is 20.3 Å². The molecule has 1 amide bonds. The normalized spacial score (nSPS) is 13.9. The summed E-state index contributed by atoms with van der Waals surface area (Å²) in [5, 5.41) is 6.29. The van der Waals surface area contributed by atoms with Crippen LogP contribution in [0.2, 0.25) is 0 Å². The highest BCUT2D eigenvalue weighted by Gasteiger charge is 2.30. The molecule has 8 nitrogen and oxygen atoms in total. The summed E-state index contributed by atoms with van der Waals surface area (Å²) < 4.78 is 34.9. The van der Waals surface area contributed by atoms with Gasteiger partial charge in [-0.15, -0.1) is 0 Å². The molecule has 3 N–H and O–H groups in total. The number of hydrogen-bond acceptors (Lipinski definition) is 6. The third-order valence-corrected chi connectivity index (χ3v) is 7.91. The van der Waals surface area contributed by atoms with Crippen molar-refractivity contribution in [1.82, 2.24) is 4.90 Å². The first-order chi connectivity index (χ1) is 19.8. The van der Waals surface area contributed by atoms with E-state index in [1.54, 1.807) is 30.3 Å². The van der Waals surface area contributed by atoms with Gasteiger partial charge in [0, 0.05) is 29.2 Å². The maximum atomic E-state index is 13.3. The molecule has 0 fully saturated rings. The van der Waals surface area contributed by atoms with Crippen LogP contribution in [-0.4, -0.2) is 46.5 Å². The third-order valence-electron chi connectivity index (χ3n) is 6.53. The number of benzene rings is 4. The van der Waals surface area contributed by atoms with E-state index in [-0.39, 0.29) is 10.8 Å². The van der Waals surface area contributed by atoms with Gasteiger partial charge in [-0.3, -0.25) is 9.52 Å². The second-order valence-corrected chi connectivity index (χ2v) is 11.6. The molecule has 0 bridgehead atoms. The van der Waals surface area contributed by atoms with Crippen LogP contribution in [0, 0.1) is 0 Å². The van der Waals surface area contributed by atoms with Crippen molar-refractivity contribution in [3.05, 3.63) is 114 Å². The summed E-state index contributed by atoms with van der Waals surface area (Å²) in [7, 11) is 0.170. The number of carbonyl (C=O) groups is 1. The van der Waals surface area contributed by atoms with Gasteiger partial charge in [0.1, 0.15) is 5.75 Å². The van der Waals surface area contributed by atoms with Gasteiger partial charge in [0.25, 0.3) is 15.9 Å². The predicted octanol–water partition coefficient (Wildman–Crippen LogP) is 5.75. The van der Waals surface area contributed by atoms with Crippen LogP contribution in [0.5, 0.6) is 5.75 Å². The summed E-state index contributed by atoms with van der Waals surface area (Å²) in [4.78, 5) is 15.5. The maximum Gasteiger partial charge on any atom is 0.261 e. The molecule has 0 radical (unpaired) electrons. The minimum absolute atomic E-state index is 0.0530. The van der Waals surface area contributed by atoms with Crippen molar-refractivity contribution in [3.8, 4) is 5.75 Å². The second kappa shape index (κ2) is 12.3. The quantitative estimate of drug-likeness (QED) is 0.157. The molecule has 5 rings (SSSR count). The summed E-state index contributed by atoms with van der Waals surface area (Å²) in [6.45, 7) is 1.56. The average molecular weight is 569 g/mol. The molecule has 0 aromatic heterocycles. The lowest BCUT2D eigenvalue weighted by molar-refractivity contribution is -0.110. The first-order valence-electron chi connectivity index (χ1n) is 13.3. The third kappa shape index (κ3) is 6.77. The number of amides is 1. The second-order valence-electron chi connectivity index (χ2n) is 9.90. The van der Waals surface area contributed by atoms with Crippen molar-refractivity contribution >= 4 is 44.3 Å². The highest BCUT2D eigenvalue weighted by molar-refractivity contribution is 7.92. The van der Waals surface area contributed by atoms with Gasteiger partial charge in [-0.05, 0) is 80.7 Å². The lowest BCUT2D eigenvalue weighted by Crippen LogP contribution is -2.15. The Morgan fingerprint density at radius 1 is 0.854 bits per heavy atom. The molecule has 210 valence electrons. The van der Waals surface area contributed by atoms with Crippen molar-refractivity contribution in [1.29, 1.82) is 0 Å². The van der Waals surface area contributed by atoms with Gasteiger partial charge in [-0.2, -0.15) is 0 Å². The number of fused-ring (bicyclic) bond motifs is 1. The molecule has 0 spiro atoms. The zero-order chi connectivity index (χ0) is 28.8. The predicted molar refractivity (Wildman–Crippen MR) is 164 cm³/mol. The number of carbonyl (C=O) groups excluding carboxylic acids is 1. The van der Waals surface area contributed by atoms with Crippen LogP contribution in [0.3, 0.4) is 0 Å². The number of para-hydroxylation sites is 1. The van der Waals surface area contributed by atoms with Gasteiger partial charge in [0.2, 0.25) is 0 Å². The summed E-state index contributed by atoms with van der Waals surface area (Å²) in [6, 6.07) is 30.4. The Kier molecular flexibility index (Phi) is 8.37. The monoisotopic (exact) mass is 568 g/mol. The SMILES string of the molecule is CN(C)CCCOc1ccc(N/C(=C2\C(=O)Nc3ccc(S(=O)(=O)Nc4ccccc4)cc32)c2ccccc2)cc1. The molecule has 0 aliphatic carbocycles. The molecule has 0 atom stereocenters.